The summed E-state index contributed by atoms with van der Waals surface area (Å²) in [5.74, 6) is -0.919. The summed E-state index contributed by atoms with van der Waals surface area (Å²) in [6.07, 6.45) is -3.08. The molecule has 0 atom stereocenters. The number of ether oxygens (including phenoxy) is 2. The molecular weight excluding hydrogens is 206 g/mol. The van der Waals surface area contributed by atoms with Crippen molar-refractivity contribution in [3.05, 3.63) is 30.3 Å². The topological polar surface area (TPSA) is 35.5 Å². The minimum Gasteiger partial charge on any atom is -0.490 e. The number of hydrogen-bond acceptors (Lipinski definition) is 3. The van der Waals surface area contributed by atoms with E-state index in [1.165, 1.54) is 0 Å². The first-order chi connectivity index (χ1) is 7.20. The summed E-state index contributed by atoms with van der Waals surface area (Å²) in [5, 5.41) is 0. The molecule has 1 aromatic carbocycles. The van der Waals surface area contributed by atoms with Gasteiger partial charge in [-0.3, -0.25) is 0 Å². The van der Waals surface area contributed by atoms with Gasteiger partial charge in [0.25, 0.3) is 0 Å². The lowest BCUT2D eigenvalue weighted by Crippen LogP contribution is -2.18. The number of benzene rings is 1. The Morgan fingerprint density at radius 1 is 1.20 bits per heavy atom. The minimum atomic E-state index is -3.08. The summed E-state index contributed by atoms with van der Waals surface area (Å²) >= 11 is 0. The van der Waals surface area contributed by atoms with Gasteiger partial charge in [0.05, 0.1) is 0 Å². The molecule has 0 radical (unpaired) electrons. The molecule has 0 N–H and O–H groups in total. The predicted molar refractivity (Wildman–Crippen MR) is 48.9 cm³/mol. The molecule has 0 saturated heterocycles. The summed E-state index contributed by atoms with van der Waals surface area (Å²) in [6.45, 7) is -0.124. The lowest BCUT2D eigenvalue weighted by molar-refractivity contribution is -0.157. The lowest BCUT2D eigenvalue weighted by atomic mass is 10.3. The van der Waals surface area contributed by atoms with Crippen molar-refractivity contribution in [2.75, 3.05) is 13.2 Å². The summed E-state index contributed by atoms with van der Waals surface area (Å²) in [4.78, 5) is 10.3. The number of para-hydroxylation sites is 1. The Kier molecular flexibility index (Phi) is 4.53. The van der Waals surface area contributed by atoms with E-state index in [0.29, 0.717) is 5.75 Å². The van der Waals surface area contributed by atoms with E-state index in [2.05, 4.69) is 4.74 Å². The number of halogens is 2. The van der Waals surface area contributed by atoms with E-state index < -0.39 is 12.4 Å². The molecule has 3 nitrogen and oxygen atoms in total. The SMILES string of the molecule is O=C(OCCOc1ccccc1)C(F)F. The van der Waals surface area contributed by atoms with Crippen LogP contribution in [-0.4, -0.2) is 25.6 Å². The molecule has 0 aliphatic carbocycles. The molecule has 1 rings (SSSR count). The van der Waals surface area contributed by atoms with Gasteiger partial charge in [-0.15, -0.1) is 0 Å². The molecule has 5 heteroatoms. The second-order valence-corrected chi connectivity index (χ2v) is 2.63. The first-order valence-corrected chi connectivity index (χ1v) is 4.33. The zero-order chi connectivity index (χ0) is 11.1. The fraction of sp³-hybridized carbons (Fsp3) is 0.300. The summed E-state index contributed by atoms with van der Waals surface area (Å²) in [6, 6.07) is 8.81. The molecule has 0 amide bonds. The van der Waals surface area contributed by atoms with Crippen molar-refractivity contribution in [2.24, 2.45) is 0 Å². The molecule has 0 unspecified atom stereocenters. The third kappa shape index (κ3) is 4.39. The van der Waals surface area contributed by atoms with E-state index in [0.717, 1.165) is 0 Å². The third-order valence-corrected chi connectivity index (χ3v) is 1.52. The molecule has 0 aromatic heterocycles. The number of hydrogen-bond donors (Lipinski definition) is 0. The van der Waals surface area contributed by atoms with Gasteiger partial charge in [-0.1, -0.05) is 18.2 Å². The van der Waals surface area contributed by atoms with E-state index in [1.54, 1.807) is 24.3 Å². The van der Waals surface area contributed by atoms with Gasteiger partial charge in [0, 0.05) is 0 Å². The molecule has 15 heavy (non-hydrogen) atoms. The first kappa shape index (κ1) is 11.4. The maximum absolute atomic E-state index is 11.7. The molecule has 0 fully saturated rings. The Morgan fingerprint density at radius 3 is 2.47 bits per heavy atom. The Hall–Kier alpha value is -1.65. The van der Waals surface area contributed by atoms with Gasteiger partial charge in [-0.05, 0) is 12.1 Å². The highest BCUT2D eigenvalue weighted by molar-refractivity contribution is 5.72. The number of rotatable bonds is 5. The Bertz CT molecular complexity index is 301. The largest absolute Gasteiger partial charge is 0.490 e. The molecular formula is C10H10F2O3. The molecule has 0 aliphatic rings. The van der Waals surface area contributed by atoms with Crippen molar-refractivity contribution < 1.29 is 23.0 Å². The van der Waals surface area contributed by atoms with E-state index in [9.17, 15) is 13.6 Å². The van der Waals surface area contributed by atoms with Crippen molar-refractivity contribution in [3.63, 3.8) is 0 Å². The van der Waals surface area contributed by atoms with E-state index >= 15 is 0 Å². The molecule has 0 saturated carbocycles. The van der Waals surface area contributed by atoms with Gasteiger partial charge in [0.2, 0.25) is 0 Å². The maximum Gasteiger partial charge on any atom is 0.373 e. The zero-order valence-electron chi connectivity index (χ0n) is 7.86. The van der Waals surface area contributed by atoms with Crippen LogP contribution in [-0.2, 0) is 9.53 Å². The molecule has 0 heterocycles. The van der Waals surface area contributed by atoms with Crippen LogP contribution in [0.4, 0.5) is 8.78 Å². The average Bonchev–Trinajstić information content (AvgIpc) is 2.25. The summed E-state index contributed by atoms with van der Waals surface area (Å²) in [5.41, 5.74) is 0. The minimum absolute atomic E-state index is 0.0580. The second kappa shape index (κ2) is 5.95. The Morgan fingerprint density at radius 2 is 1.87 bits per heavy atom. The van der Waals surface area contributed by atoms with Gasteiger partial charge in [0.15, 0.2) is 0 Å². The van der Waals surface area contributed by atoms with Crippen molar-refractivity contribution in [2.45, 2.75) is 6.43 Å². The molecule has 0 bridgehead atoms. The fourth-order valence-electron chi connectivity index (χ4n) is 0.881. The van der Waals surface area contributed by atoms with Gasteiger partial charge < -0.3 is 9.47 Å². The van der Waals surface area contributed by atoms with Crippen LogP contribution >= 0.6 is 0 Å². The highest BCUT2D eigenvalue weighted by atomic mass is 19.3. The monoisotopic (exact) mass is 216 g/mol. The lowest BCUT2D eigenvalue weighted by Gasteiger charge is -2.06. The maximum atomic E-state index is 11.7. The predicted octanol–water partition coefficient (Wildman–Crippen LogP) is 1.87. The van der Waals surface area contributed by atoms with Crippen LogP contribution in [0.25, 0.3) is 0 Å². The van der Waals surface area contributed by atoms with Crippen molar-refractivity contribution in [3.8, 4) is 5.75 Å². The zero-order valence-corrected chi connectivity index (χ0v) is 7.86. The van der Waals surface area contributed by atoms with Crippen molar-refractivity contribution in [1.29, 1.82) is 0 Å². The number of alkyl halides is 2. The standard InChI is InChI=1S/C10H10F2O3/c11-9(12)10(13)15-7-6-14-8-4-2-1-3-5-8/h1-5,9H,6-7H2. The van der Waals surface area contributed by atoms with E-state index in [4.69, 9.17) is 4.74 Å². The van der Waals surface area contributed by atoms with Crippen LogP contribution in [0, 0.1) is 0 Å². The van der Waals surface area contributed by atoms with Crippen LogP contribution < -0.4 is 4.74 Å². The molecule has 1 aromatic rings. The van der Waals surface area contributed by atoms with Crippen LogP contribution in [0.5, 0.6) is 5.75 Å². The van der Waals surface area contributed by atoms with Crippen LogP contribution in [0.1, 0.15) is 0 Å². The summed E-state index contributed by atoms with van der Waals surface area (Å²) in [7, 11) is 0. The Balaban J connectivity index is 2.15. The van der Waals surface area contributed by atoms with Crippen LogP contribution in [0.15, 0.2) is 30.3 Å². The van der Waals surface area contributed by atoms with E-state index in [-0.39, 0.29) is 13.2 Å². The fourth-order valence-corrected chi connectivity index (χ4v) is 0.881. The van der Waals surface area contributed by atoms with Crippen molar-refractivity contribution >= 4 is 5.97 Å². The summed E-state index contributed by atoms with van der Waals surface area (Å²) < 4.78 is 32.7. The smallest absolute Gasteiger partial charge is 0.373 e. The van der Waals surface area contributed by atoms with Gasteiger partial charge >= 0.3 is 12.4 Å². The second-order valence-electron chi connectivity index (χ2n) is 2.63. The molecule has 0 spiro atoms. The van der Waals surface area contributed by atoms with Gasteiger partial charge in [-0.2, -0.15) is 8.78 Å². The highest BCUT2D eigenvalue weighted by Crippen LogP contribution is 2.07. The van der Waals surface area contributed by atoms with Crippen LogP contribution in [0.2, 0.25) is 0 Å². The van der Waals surface area contributed by atoms with E-state index in [1.807, 2.05) is 6.07 Å². The van der Waals surface area contributed by atoms with Crippen molar-refractivity contribution in [1.82, 2.24) is 0 Å². The highest BCUT2D eigenvalue weighted by Gasteiger charge is 2.16. The van der Waals surface area contributed by atoms with Crippen LogP contribution in [0.3, 0.4) is 0 Å². The third-order valence-electron chi connectivity index (χ3n) is 1.52. The Labute approximate surface area is 85.6 Å². The number of esters is 1. The molecule has 0 aliphatic heterocycles. The average molecular weight is 216 g/mol. The van der Waals surface area contributed by atoms with Gasteiger partial charge in [0.1, 0.15) is 19.0 Å². The first-order valence-electron chi connectivity index (χ1n) is 4.33. The number of carbonyl (C=O) groups excluding carboxylic acids is 1. The quantitative estimate of drug-likeness (QED) is 0.556. The molecule has 82 valence electrons. The van der Waals surface area contributed by atoms with Gasteiger partial charge in [-0.25, -0.2) is 4.79 Å². The number of carbonyl (C=O) groups is 1. The normalized spacial score (nSPS) is 10.1.